The number of pyridine rings is 2. The van der Waals surface area contributed by atoms with Crippen LogP contribution in [0.5, 0.6) is 0 Å². The first-order valence-electron chi connectivity index (χ1n) is 9.27. The Morgan fingerprint density at radius 1 is 0.667 bits per heavy atom. The summed E-state index contributed by atoms with van der Waals surface area (Å²) in [4.78, 5) is 40.0. The van der Waals surface area contributed by atoms with E-state index in [9.17, 15) is 9.59 Å². The summed E-state index contributed by atoms with van der Waals surface area (Å²) in [5.41, 5.74) is 2.08. The third-order valence-electron chi connectivity index (χ3n) is 4.69. The second-order valence-electron chi connectivity index (χ2n) is 6.71. The fraction of sp³-hybridized carbons (Fsp3) is 0. The monoisotopic (exact) mass is 396 g/mol. The molecule has 4 heterocycles. The summed E-state index contributed by atoms with van der Waals surface area (Å²) >= 11 is 0. The highest BCUT2D eigenvalue weighted by Gasteiger charge is 2.13. The van der Waals surface area contributed by atoms with Crippen molar-refractivity contribution in [3.63, 3.8) is 0 Å². The molecule has 8 heteroatoms. The average Bonchev–Trinajstić information content (AvgIpc) is 3.42. The van der Waals surface area contributed by atoms with Gasteiger partial charge in [-0.05, 0) is 54.6 Å². The molecule has 146 valence electrons. The van der Waals surface area contributed by atoms with Crippen molar-refractivity contribution in [2.24, 2.45) is 0 Å². The van der Waals surface area contributed by atoms with E-state index >= 15 is 0 Å². The second-order valence-corrected chi connectivity index (χ2v) is 6.71. The molecule has 4 N–H and O–H groups in total. The summed E-state index contributed by atoms with van der Waals surface area (Å²) < 4.78 is 0. The standard InChI is InChI=1S/C22H16N6O2/c29-21(27-17-6-4-13-8-10-23-19(13)25-17)15-2-1-3-16(12-15)22(30)28-18-7-5-14-9-11-24-20(14)26-18/h1-12H,(H2,23,25,27,29)(H2,24,26,28,30). The molecule has 0 aliphatic carbocycles. The Morgan fingerprint density at radius 3 is 1.67 bits per heavy atom. The number of carbonyl (C=O) groups excluding carboxylic acids is 2. The number of amides is 2. The van der Waals surface area contributed by atoms with Crippen molar-refractivity contribution in [2.45, 2.75) is 0 Å². The molecule has 0 spiro atoms. The molecule has 5 aromatic rings. The van der Waals surface area contributed by atoms with Crippen LogP contribution in [0.15, 0.2) is 73.1 Å². The number of nitrogens with zero attached hydrogens (tertiary/aromatic N) is 2. The molecule has 0 saturated carbocycles. The van der Waals surface area contributed by atoms with Crippen molar-refractivity contribution < 1.29 is 9.59 Å². The Labute approximate surface area is 170 Å². The molecular formula is C22H16N6O2. The first-order chi connectivity index (χ1) is 14.7. The van der Waals surface area contributed by atoms with Crippen molar-refractivity contribution in [2.75, 3.05) is 10.6 Å². The highest BCUT2D eigenvalue weighted by molar-refractivity contribution is 6.08. The molecule has 30 heavy (non-hydrogen) atoms. The lowest BCUT2D eigenvalue weighted by atomic mass is 10.1. The van der Waals surface area contributed by atoms with Crippen LogP contribution in [0.1, 0.15) is 20.7 Å². The van der Waals surface area contributed by atoms with Crippen LogP contribution in [-0.4, -0.2) is 31.8 Å². The third kappa shape index (κ3) is 3.37. The predicted octanol–water partition coefficient (Wildman–Crippen LogP) is 3.94. The number of hydrogen-bond donors (Lipinski definition) is 4. The van der Waals surface area contributed by atoms with Gasteiger partial charge in [-0.15, -0.1) is 0 Å². The van der Waals surface area contributed by atoms with Gasteiger partial charge in [0.15, 0.2) is 0 Å². The quantitative estimate of drug-likeness (QED) is 0.368. The number of nitrogens with one attached hydrogen (secondary N) is 4. The molecule has 0 fully saturated rings. The Kier molecular flexibility index (Phi) is 4.21. The summed E-state index contributed by atoms with van der Waals surface area (Å²) in [6.07, 6.45) is 3.57. The van der Waals surface area contributed by atoms with Gasteiger partial charge in [-0.1, -0.05) is 6.07 Å². The van der Waals surface area contributed by atoms with Crippen molar-refractivity contribution in [1.82, 2.24) is 19.9 Å². The topological polar surface area (TPSA) is 116 Å². The lowest BCUT2D eigenvalue weighted by molar-refractivity contribution is 0.102. The number of benzene rings is 1. The van der Waals surface area contributed by atoms with Gasteiger partial charge < -0.3 is 20.6 Å². The molecule has 0 unspecified atom stereocenters. The van der Waals surface area contributed by atoms with Gasteiger partial charge in [0, 0.05) is 34.3 Å². The zero-order chi connectivity index (χ0) is 20.5. The van der Waals surface area contributed by atoms with Gasteiger partial charge in [0.05, 0.1) is 0 Å². The molecule has 0 aliphatic heterocycles. The zero-order valence-corrected chi connectivity index (χ0v) is 15.6. The Bertz CT molecular complexity index is 1300. The van der Waals surface area contributed by atoms with Gasteiger partial charge in [-0.3, -0.25) is 9.59 Å². The van der Waals surface area contributed by atoms with Gasteiger partial charge in [0.1, 0.15) is 22.9 Å². The summed E-state index contributed by atoms with van der Waals surface area (Å²) in [6, 6.07) is 17.5. The first-order valence-corrected chi connectivity index (χ1v) is 9.27. The number of fused-ring (bicyclic) bond motifs is 2. The summed E-state index contributed by atoms with van der Waals surface area (Å²) in [5, 5.41) is 7.42. The van der Waals surface area contributed by atoms with Gasteiger partial charge in [0.25, 0.3) is 11.8 Å². The van der Waals surface area contributed by atoms with Crippen molar-refractivity contribution >= 4 is 45.5 Å². The molecule has 8 nitrogen and oxygen atoms in total. The van der Waals surface area contributed by atoms with Gasteiger partial charge in [-0.2, -0.15) is 0 Å². The van der Waals surface area contributed by atoms with Gasteiger partial charge in [-0.25, -0.2) is 9.97 Å². The lowest BCUT2D eigenvalue weighted by Crippen LogP contribution is -2.16. The maximum Gasteiger partial charge on any atom is 0.256 e. The molecule has 0 saturated heterocycles. The molecule has 4 aromatic heterocycles. The number of hydrogen-bond acceptors (Lipinski definition) is 4. The Morgan fingerprint density at radius 2 is 1.17 bits per heavy atom. The van der Waals surface area contributed by atoms with E-state index in [-0.39, 0.29) is 11.8 Å². The van der Waals surface area contributed by atoms with E-state index in [4.69, 9.17) is 0 Å². The number of H-pyrrole nitrogens is 2. The van der Waals surface area contributed by atoms with E-state index in [0.717, 1.165) is 10.8 Å². The van der Waals surface area contributed by atoms with Gasteiger partial charge in [0.2, 0.25) is 0 Å². The summed E-state index contributed by atoms with van der Waals surface area (Å²) in [6.45, 7) is 0. The van der Waals surface area contributed by atoms with E-state index < -0.39 is 0 Å². The molecule has 0 aliphatic rings. The van der Waals surface area contributed by atoms with E-state index in [1.54, 1.807) is 42.7 Å². The van der Waals surface area contributed by atoms with Crippen LogP contribution in [0.4, 0.5) is 11.6 Å². The maximum absolute atomic E-state index is 12.6. The number of aromatic nitrogens is 4. The molecular weight excluding hydrogens is 380 g/mol. The number of anilines is 2. The summed E-state index contributed by atoms with van der Waals surface area (Å²) in [5.74, 6) is 0.143. The van der Waals surface area contributed by atoms with Crippen LogP contribution in [-0.2, 0) is 0 Å². The largest absolute Gasteiger partial charge is 0.346 e. The minimum atomic E-state index is -0.353. The number of rotatable bonds is 4. The fourth-order valence-corrected chi connectivity index (χ4v) is 3.18. The molecule has 0 radical (unpaired) electrons. The van der Waals surface area contributed by atoms with Crippen LogP contribution in [0.3, 0.4) is 0 Å². The number of carbonyl (C=O) groups is 2. The molecule has 0 bridgehead atoms. The minimum Gasteiger partial charge on any atom is -0.346 e. The van der Waals surface area contributed by atoms with Crippen molar-refractivity contribution in [1.29, 1.82) is 0 Å². The number of aromatic amines is 2. The minimum absolute atomic E-state index is 0.351. The first kappa shape index (κ1) is 17.6. The zero-order valence-electron chi connectivity index (χ0n) is 15.6. The van der Waals surface area contributed by atoms with Crippen LogP contribution < -0.4 is 10.6 Å². The third-order valence-corrected chi connectivity index (χ3v) is 4.69. The molecule has 5 rings (SSSR count). The SMILES string of the molecule is O=C(Nc1ccc2cc[nH]c2n1)c1cccc(C(=O)Nc2ccc3cc[nH]c3n2)c1. The van der Waals surface area contributed by atoms with Crippen molar-refractivity contribution in [3.8, 4) is 0 Å². The van der Waals surface area contributed by atoms with Crippen LogP contribution >= 0.6 is 0 Å². The van der Waals surface area contributed by atoms with Crippen molar-refractivity contribution in [3.05, 3.63) is 84.2 Å². The van der Waals surface area contributed by atoms with Crippen LogP contribution in [0.2, 0.25) is 0 Å². The van der Waals surface area contributed by atoms with E-state index in [1.165, 1.54) is 6.07 Å². The average molecular weight is 396 g/mol. The maximum atomic E-state index is 12.6. The Balaban J connectivity index is 1.33. The molecule has 2 amide bonds. The lowest BCUT2D eigenvalue weighted by Gasteiger charge is -2.08. The fourth-order valence-electron chi connectivity index (χ4n) is 3.18. The molecule has 0 atom stereocenters. The normalized spacial score (nSPS) is 10.9. The van der Waals surface area contributed by atoms with Crippen LogP contribution in [0.25, 0.3) is 22.1 Å². The smallest absolute Gasteiger partial charge is 0.256 e. The van der Waals surface area contributed by atoms with E-state index in [1.807, 2.05) is 24.3 Å². The van der Waals surface area contributed by atoms with Crippen LogP contribution in [0, 0.1) is 0 Å². The van der Waals surface area contributed by atoms with E-state index in [2.05, 4.69) is 30.6 Å². The predicted molar refractivity (Wildman–Crippen MR) is 115 cm³/mol. The van der Waals surface area contributed by atoms with Gasteiger partial charge >= 0.3 is 0 Å². The summed E-state index contributed by atoms with van der Waals surface area (Å²) in [7, 11) is 0. The Hall–Kier alpha value is -4.46. The second kappa shape index (κ2) is 7.17. The van der Waals surface area contributed by atoms with E-state index in [0.29, 0.717) is 34.1 Å². The highest BCUT2D eigenvalue weighted by atomic mass is 16.2. The molecule has 1 aromatic carbocycles. The highest BCUT2D eigenvalue weighted by Crippen LogP contribution is 2.16.